The van der Waals surface area contributed by atoms with Gasteiger partial charge in [-0.3, -0.25) is 0 Å². The number of nitrogens with one attached hydrogen (secondary N) is 1. The lowest BCUT2D eigenvalue weighted by Gasteiger charge is -2.20. The van der Waals surface area contributed by atoms with Crippen molar-refractivity contribution in [3.8, 4) is 11.4 Å². The fourth-order valence-electron chi connectivity index (χ4n) is 1.96. The van der Waals surface area contributed by atoms with Gasteiger partial charge in [0.25, 0.3) is 0 Å². The van der Waals surface area contributed by atoms with Gasteiger partial charge in [0.15, 0.2) is 5.82 Å². The van der Waals surface area contributed by atoms with Crippen LogP contribution in [0.3, 0.4) is 0 Å². The first kappa shape index (κ1) is 14.3. The Hall–Kier alpha value is -2.14. The van der Waals surface area contributed by atoms with Gasteiger partial charge in [-0.2, -0.15) is 0 Å². The molecular formula is C15H20N4O. The quantitative estimate of drug-likeness (QED) is 0.871. The molecule has 0 aliphatic rings. The number of hydrogen-bond acceptors (Lipinski definition) is 5. The van der Waals surface area contributed by atoms with Crippen molar-refractivity contribution in [1.82, 2.24) is 9.97 Å². The maximum absolute atomic E-state index is 9.50. The molecule has 106 valence electrons. The Morgan fingerprint density at radius 2 is 1.95 bits per heavy atom. The molecule has 0 aliphatic carbocycles. The van der Waals surface area contributed by atoms with Crippen LogP contribution in [-0.4, -0.2) is 41.8 Å². The molecule has 0 spiro atoms. The number of aromatic nitrogens is 2. The van der Waals surface area contributed by atoms with Crippen molar-refractivity contribution in [2.45, 2.75) is 13.0 Å². The van der Waals surface area contributed by atoms with E-state index in [1.165, 1.54) is 0 Å². The maximum Gasteiger partial charge on any atom is 0.163 e. The Morgan fingerprint density at radius 1 is 1.25 bits per heavy atom. The third kappa shape index (κ3) is 3.45. The molecule has 1 aromatic heterocycles. The Bertz CT molecular complexity index is 557. The van der Waals surface area contributed by atoms with E-state index in [4.69, 9.17) is 0 Å². The fourth-order valence-corrected chi connectivity index (χ4v) is 1.96. The molecular weight excluding hydrogens is 252 g/mol. The van der Waals surface area contributed by atoms with Crippen LogP contribution in [0, 0.1) is 0 Å². The summed E-state index contributed by atoms with van der Waals surface area (Å²) in [5, 5.41) is 12.5. The van der Waals surface area contributed by atoms with Gasteiger partial charge in [0.05, 0.1) is 6.10 Å². The molecule has 0 fully saturated rings. The zero-order valence-electron chi connectivity index (χ0n) is 12.0. The molecule has 1 heterocycles. The van der Waals surface area contributed by atoms with Crippen LogP contribution in [-0.2, 0) is 0 Å². The molecule has 0 saturated carbocycles. The molecule has 0 aliphatic heterocycles. The fraction of sp³-hybridized carbons (Fsp3) is 0.333. The van der Waals surface area contributed by atoms with Crippen molar-refractivity contribution in [3.05, 3.63) is 36.4 Å². The summed E-state index contributed by atoms with van der Waals surface area (Å²) in [6, 6.07) is 11.7. The van der Waals surface area contributed by atoms with Crippen LogP contribution in [0.4, 0.5) is 11.6 Å². The van der Waals surface area contributed by atoms with Crippen molar-refractivity contribution in [2.24, 2.45) is 0 Å². The summed E-state index contributed by atoms with van der Waals surface area (Å²) in [5.74, 6) is 2.21. The van der Waals surface area contributed by atoms with Gasteiger partial charge in [-0.1, -0.05) is 30.3 Å². The molecule has 5 heteroatoms. The monoisotopic (exact) mass is 272 g/mol. The van der Waals surface area contributed by atoms with Gasteiger partial charge in [0, 0.05) is 32.3 Å². The van der Waals surface area contributed by atoms with Crippen molar-refractivity contribution in [2.75, 3.05) is 30.9 Å². The Balaban J connectivity index is 2.39. The van der Waals surface area contributed by atoms with Crippen molar-refractivity contribution in [1.29, 1.82) is 0 Å². The molecule has 20 heavy (non-hydrogen) atoms. The number of aliphatic hydroxyl groups is 1. The van der Waals surface area contributed by atoms with E-state index in [2.05, 4.69) is 15.3 Å². The predicted octanol–water partition coefficient (Wildman–Crippen LogP) is 2.00. The first-order chi connectivity index (χ1) is 9.60. The number of aliphatic hydroxyl groups excluding tert-OH is 1. The van der Waals surface area contributed by atoms with Gasteiger partial charge in [0.1, 0.15) is 11.6 Å². The summed E-state index contributed by atoms with van der Waals surface area (Å²) >= 11 is 0. The zero-order valence-corrected chi connectivity index (χ0v) is 12.0. The van der Waals surface area contributed by atoms with E-state index in [-0.39, 0.29) is 0 Å². The van der Waals surface area contributed by atoms with Crippen LogP contribution in [0.15, 0.2) is 36.4 Å². The van der Waals surface area contributed by atoms with E-state index in [9.17, 15) is 5.11 Å². The minimum absolute atomic E-state index is 0.409. The molecule has 0 amide bonds. The average molecular weight is 272 g/mol. The molecule has 2 rings (SSSR count). The van der Waals surface area contributed by atoms with Gasteiger partial charge in [-0.15, -0.1) is 0 Å². The largest absolute Gasteiger partial charge is 0.392 e. The van der Waals surface area contributed by atoms with Crippen molar-refractivity contribution >= 4 is 11.6 Å². The molecule has 1 unspecified atom stereocenters. The third-order valence-corrected chi connectivity index (χ3v) is 2.93. The second kappa shape index (κ2) is 6.34. The normalized spacial score (nSPS) is 12.0. The predicted molar refractivity (Wildman–Crippen MR) is 82.0 cm³/mol. The number of nitrogens with zero attached hydrogens (tertiary/aromatic N) is 3. The molecule has 0 saturated heterocycles. The number of anilines is 2. The third-order valence-electron chi connectivity index (χ3n) is 2.93. The summed E-state index contributed by atoms with van der Waals surface area (Å²) in [5.41, 5.74) is 0.969. The summed E-state index contributed by atoms with van der Waals surface area (Å²) in [7, 11) is 3.73. The average Bonchev–Trinajstić information content (AvgIpc) is 2.47. The van der Waals surface area contributed by atoms with Crippen molar-refractivity contribution in [3.63, 3.8) is 0 Å². The highest BCUT2D eigenvalue weighted by Crippen LogP contribution is 2.21. The van der Waals surface area contributed by atoms with Crippen LogP contribution in [0.5, 0.6) is 0 Å². The van der Waals surface area contributed by atoms with Crippen LogP contribution in [0.25, 0.3) is 11.4 Å². The molecule has 1 atom stereocenters. The summed E-state index contributed by atoms with van der Waals surface area (Å²) in [6.45, 7) is 2.28. The van der Waals surface area contributed by atoms with E-state index >= 15 is 0 Å². The first-order valence-corrected chi connectivity index (χ1v) is 6.61. The standard InChI is InChI=1S/C15H20N4O/c1-11(20)10-19(3)14-9-13(16-2)17-15(18-14)12-7-5-4-6-8-12/h4-9,11,20H,10H2,1-3H3,(H,16,17,18). The van der Waals surface area contributed by atoms with E-state index in [0.717, 1.165) is 17.2 Å². The molecule has 2 N–H and O–H groups in total. The highest BCUT2D eigenvalue weighted by molar-refractivity contribution is 5.61. The first-order valence-electron chi connectivity index (χ1n) is 6.61. The highest BCUT2D eigenvalue weighted by atomic mass is 16.3. The minimum atomic E-state index is -0.409. The van der Waals surface area contributed by atoms with Crippen molar-refractivity contribution < 1.29 is 5.11 Å². The molecule has 0 radical (unpaired) electrons. The number of hydrogen-bond donors (Lipinski definition) is 2. The van der Waals surface area contributed by atoms with E-state index in [0.29, 0.717) is 12.4 Å². The number of rotatable bonds is 5. The Morgan fingerprint density at radius 3 is 2.55 bits per heavy atom. The number of likely N-dealkylation sites (N-methyl/N-ethyl adjacent to an activating group) is 1. The van der Waals surface area contributed by atoms with E-state index in [1.807, 2.05) is 55.4 Å². The summed E-state index contributed by atoms with van der Waals surface area (Å²) in [6.07, 6.45) is -0.409. The Kier molecular flexibility index (Phi) is 4.53. The topological polar surface area (TPSA) is 61.3 Å². The molecule has 5 nitrogen and oxygen atoms in total. The summed E-state index contributed by atoms with van der Waals surface area (Å²) in [4.78, 5) is 11.0. The van der Waals surface area contributed by atoms with Crippen LogP contribution >= 0.6 is 0 Å². The smallest absolute Gasteiger partial charge is 0.163 e. The highest BCUT2D eigenvalue weighted by Gasteiger charge is 2.11. The summed E-state index contributed by atoms with van der Waals surface area (Å²) < 4.78 is 0. The molecule has 1 aromatic carbocycles. The SMILES string of the molecule is CNc1cc(N(C)CC(C)O)nc(-c2ccccc2)n1. The van der Waals surface area contributed by atoms with Crippen LogP contribution in [0.1, 0.15) is 6.92 Å². The lowest BCUT2D eigenvalue weighted by molar-refractivity contribution is 0.201. The lowest BCUT2D eigenvalue weighted by Crippen LogP contribution is -2.27. The minimum Gasteiger partial charge on any atom is -0.392 e. The van der Waals surface area contributed by atoms with Crippen LogP contribution < -0.4 is 10.2 Å². The second-order valence-corrected chi connectivity index (χ2v) is 4.78. The van der Waals surface area contributed by atoms with Gasteiger partial charge >= 0.3 is 0 Å². The maximum atomic E-state index is 9.50. The van der Waals surface area contributed by atoms with Gasteiger partial charge in [-0.05, 0) is 6.92 Å². The van der Waals surface area contributed by atoms with Gasteiger partial charge < -0.3 is 15.3 Å². The molecule has 0 bridgehead atoms. The second-order valence-electron chi connectivity index (χ2n) is 4.78. The van der Waals surface area contributed by atoms with Gasteiger partial charge in [0.2, 0.25) is 0 Å². The van der Waals surface area contributed by atoms with E-state index in [1.54, 1.807) is 6.92 Å². The van der Waals surface area contributed by atoms with Crippen LogP contribution in [0.2, 0.25) is 0 Å². The zero-order chi connectivity index (χ0) is 14.5. The van der Waals surface area contributed by atoms with E-state index < -0.39 is 6.10 Å². The molecule has 2 aromatic rings. The van der Waals surface area contributed by atoms with Gasteiger partial charge in [-0.25, -0.2) is 9.97 Å². The Labute approximate surface area is 119 Å². The number of benzene rings is 1. The lowest BCUT2D eigenvalue weighted by atomic mass is 10.2.